The fourth-order valence-electron chi connectivity index (χ4n) is 3.24. The lowest BCUT2D eigenvalue weighted by atomic mass is 9.90. The van der Waals surface area contributed by atoms with Gasteiger partial charge < -0.3 is 10.6 Å². The van der Waals surface area contributed by atoms with Gasteiger partial charge in [-0.3, -0.25) is 9.69 Å². The molecule has 2 aliphatic heterocycles. The quantitative estimate of drug-likeness (QED) is 0.754. The molecule has 0 aromatic heterocycles. The third-order valence-electron chi connectivity index (χ3n) is 4.20. The van der Waals surface area contributed by atoms with E-state index in [1.165, 1.54) is 45.3 Å². The smallest absolute Gasteiger partial charge is 0.221 e. The van der Waals surface area contributed by atoms with Crippen LogP contribution in [0.2, 0.25) is 0 Å². The molecule has 2 rings (SSSR count). The topological polar surface area (TPSA) is 44.4 Å². The Morgan fingerprint density at radius 1 is 1.41 bits per heavy atom. The standard InChI is InChI=1S/C13H25N3O/c1-14-13(17)6-9-16-8-3-5-12(16)11-4-2-7-15-10-11/h11-12,15H,2-10H2,1H3,(H,14,17). The second-order valence-corrected chi connectivity index (χ2v) is 5.28. The molecule has 2 atom stereocenters. The Hall–Kier alpha value is -0.610. The van der Waals surface area contributed by atoms with E-state index in [2.05, 4.69) is 15.5 Å². The number of hydrogen-bond donors (Lipinski definition) is 2. The molecule has 2 saturated heterocycles. The molecule has 2 aliphatic rings. The largest absolute Gasteiger partial charge is 0.359 e. The Morgan fingerprint density at radius 2 is 2.29 bits per heavy atom. The molecular weight excluding hydrogens is 214 g/mol. The minimum absolute atomic E-state index is 0.164. The van der Waals surface area contributed by atoms with E-state index in [9.17, 15) is 4.79 Å². The monoisotopic (exact) mass is 239 g/mol. The molecule has 98 valence electrons. The van der Waals surface area contributed by atoms with Crippen LogP contribution in [0.3, 0.4) is 0 Å². The average molecular weight is 239 g/mol. The zero-order valence-corrected chi connectivity index (χ0v) is 10.9. The summed E-state index contributed by atoms with van der Waals surface area (Å²) in [5.41, 5.74) is 0. The van der Waals surface area contributed by atoms with Gasteiger partial charge in [0.15, 0.2) is 0 Å². The van der Waals surface area contributed by atoms with E-state index >= 15 is 0 Å². The minimum atomic E-state index is 0.164. The highest BCUT2D eigenvalue weighted by atomic mass is 16.1. The summed E-state index contributed by atoms with van der Waals surface area (Å²) in [6.07, 6.45) is 5.93. The van der Waals surface area contributed by atoms with Gasteiger partial charge in [0.25, 0.3) is 0 Å². The number of rotatable bonds is 4. The summed E-state index contributed by atoms with van der Waals surface area (Å²) >= 11 is 0. The first-order valence-corrected chi connectivity index (χ1v) is 6.96. The van der Waals surface area contributed by atoms with Gasteiger partial charge in [0.1, 0.15) is 0 Å². The van der Waals surface area contributed by atoms with Crippen LogP contribution in [0, 0.1) is 5.92 Å². The summed E-state index contributed by atoms with van der Waals surface area (Å²) < 4.78 is 0. The van der Waals surface area contributed by atoms with Crippen molar-refractivity contribution >= 4 is 5.91 Å². The Balaban J connectivity index is 1.81. The molecular formula is C13H25N3O. The lowest BCUT2D eigenvalue weighted by Gasteiger charge is -2.34. The van der Waals surface area contributed by atoms with Crippen molar-refractivity contribution in [2.45, 2.75) is 38.1 Å². The molecule has 0 aromatic rings. The van der Waals surface area contributed by atoms with Crippen LogP contribution < -0.4 is 10.6 Å². The minimum Gasteiger partial charge on any atom is -0.359 e. The van der Waals surface area contributed by atoms with Gasteiger partial charge in [-0.25, -0.2) is 0 Å². The first-order chi connectivity index (χ1) is 8.31. The highest BCUT2D eigenvalue weighted by molar-refractivity contribution is 5.75. The Kier molecular flexibility index (Phi) is 4.80. The van der Waals surface area contributed by atoms with Gasteiger partial charge in [-0.05, 0) is 51.2 Å². The highest BCUT2D eigenvalue weighted by Crippen LogP contribution is 2.28. The molecule has 2 heterocycles. The fraction of sp³-hybridized carbons (Fsp3) is 0.923. The molecule has 0 spiro atoms. The van der Waals surface area contributed by atoms with Crippen LogP contribution in [0.5, 0.6) is 0 Å². The summed E-state index contributed by atoms with van der Waals surface area (Å²) in [7, 11) is 1.72. The van der Waals surface area contributed by atoms with Crippen molar-refractivity contribution in [3.8, 4) is 0 Å². The van der Waals surface area contributed by atoms with Crippen LogP contribution in [-0.2, 0) is 4.79 Å². The summed E-state index contributed by atoms with van der Waals surface area (Å²) in [6, 6.07) is 0.715. The van der Waals surface area contributed by atoms with Gasteiger partial charge in [-0.1, -0.05) is 0 Å². The number of carbonyl (C=O) groups excluding carboxylic acids is 1. The van der Waals surface area contributed by atoms with E-state index in [-0.39, 0.29) is 5.91 Å². The van der Waals surface area contributed by atoms with Gasteiger partial charge in [0.05, 0.1) is 0 Å². The molecule has 0 saturated carbocycles. The summed E-state index contributed by atoms with van der Waals surface area (Å²) in [6.45, 7) is 4.46. The fourth-order valence-corrected chi connectivity index (χ4v) is 3.24. The van der Waals surface area contributed by atoms with Crippen molar-refractivity contribution in [1.82, 2.24) is 15.5 Å². The van der Waals surface area contributed by atoms with E-state index in [1.807, 2.05) is 0 Å². The SMILES string of the molecule is CNC(=O)CCN1CCCC1C1CCCNC1. The van der Waals surface area contributed by atoms with Crippen molar-refractivity contribution in [2.24, 2.45) is 5.92 Å². The van der Waals surface area contributed by atoms with Crippen molar-refractivity contribution < 1.29 is 4.79 Å². The zero-order valence-electron chi connectivity index (χ0n) is 10.9. The third kappa shape index (κ3) is 3.42. The van der Waals surface area contributed by atoms with Crippen LogP contribution in [0.25, 0.3) is 0 Å². The zero-order chi connectivity index (χ0) is 12.1. The molecule has 1 amide bonds. The number of nitrogens with zero attached hydrogens (tertiary/aromatic N) is 1. The normalized spacial score (nSPS) is 30.4. The maximum Gasteiger partial charge on any atom is 0.221 e. The number of likely N-dealkylation sites (tertiary alicyclic amines) is 1. The Morgan fingerprint density at radius 3 is 3.00 bits per heavy atom. The predicted octanol–water partition coefficient (Wildman–Crippen LogP) is 0.587. The van der Waals surface area contributed by atoms with Gasteiger partial charge in [-0.15, -0.1) is 0 Å². The van der Waals surface area contributed by atoms with Crippen molar-refractivity contribution in [2.75, 3.05) is 33.2 Å². The van der Waals surface area contributed by atoms with Gasteiger partial charge >= 0.3 is 0 Å². The number of nitrogens with one attached hydrogen (secondary N) is 2. The molecule has 0 aliphatic carbocycles. The molecule has 4 heteroatoms. The van der Waals surface area contributed by atoms with Crippen molar-refractivity contribution in [1.29, 1.82) is 0 Å². The molecule has 2 fully saturated rings. The second-order valence-electron chi connectivity index (χ2n) is 5.28. The summed E-state index contributed by atoms with van der Waals surface area (Å²) in [5.74, 6) is 0.966. The Bertz CT molecular complexity index is 251. The molecule has 2 N–H and O–H groups in total. The van der Waals surface area contributed by atoms with Crippen molar-refractivity contribution in [3.63, 3.8) is 0 Å². The molecule has 2 unspecified atom stereocenters. The lowest BCUT2D eigenvalue weighted by molar-refractivity contribution is -0.121. The van der Waals surface area contributed by atoms with E-state index in [1.54, 1.807) is 7.05 Å². The van der Waals surface area contributed by atoms with E-state index in [0.717, 1.165) is 12.5 Å². The number of hydrogen-bond acceptors (Lipinski definition) is 3. The molecule has 0 radical (unpaired) electrons. The van der Waals surface area contributed by atoms with Gasteiger partial charge in [-0.2, -0.15) is 0 Å². The number of piperidine rings is 1. The second kappa shape index (κ2) is 6.36. The number of carbonyl (C=O) groups is 1. The van der Waals surface area contributed by atoms with E-state index in [4.69, 9.17) is 0 Å². The third-order valence-corrected chi connectivity index (χ3v) is 4.20. The molecule has 0 bridgehead atoms. The van der Waals surface area contributed by atoms with E-state index in [0.29, 0.717) is 12.5 Å². The molecule has 17 heavy (non-hydrogen) atoms. The summed E-state index contributed by atoms with van der Waals surface area (Å²) in [4.78, 5) is 13.8. The van der Waals surface area contributed by atoms with Gasteiger partial charge in [0.2, 0.25) is 5.91 Å². The van der Waals surface area contributed by atoms with Crippen LogP contribution in [0.1, 0.15) is 32.1 Å². The molecule has 4 nitrogen and oxygen atoms in total. The first kappa shape index (κ1) is 12.8. The van der Waals surface area contributed by atoms with Crippen LogP contribution in [0.4, 0.5) is 0 Å². The van der Waals surface area contributed by atoms with Gasteiger partial charge in [0, 0.05) is 26.1 Å². The average Bonchev–Trinajstić information content (AvgIpc) is 2.85. The van der Waals surface area contributed by atoms with E-state index < -0.39 is 0 Å². The predicted molar refractivity (Wildman–Crippen MR) is 68.9 cm³/mol. The van der Waals surface area contributed by atoms with Crippen LogP contribution in [-0.4, -0.2) is 50.1 Å². The first-order valence-electron chi connectivity index (χ1n) is 6.96. The Labute approximate surface area is 104 Å². The van der Waals surface area contributed by atoms with Crippen LogP contribution in [0.15, 0.2) is 0 Å². The molecule has 0 aromatic carbocycles. The summed E-state index contributed by atoms with van der Waals surface area (Å²) in [5, 5.41) is 6.21. The van der Waals surface area contributed by atoms with Crippen molar-refractivity contribution in [3.05, 3.63) is 0 Å². The maximum absolute atomic E-state index is 11.3. The highest BCUT2D eigenvalue weighted by Gasteiger charge is 2.32. The lowest BCUT2D eigenvalue weighted by Crippen LogP contribution is -2.44. The maximum atomic E-state index is 11.3. The van der Waals surface area contributed by atoms with Crippen LogP contribution >= 0.6 is 0 Å². The number of amides is 1.